The molecule has 18 heteroatoms. The van der Waals surface area contributed by atoms with Crippen molar-refractivity contribution in [2.24, 2.45) is 0 Å². The van der Waals surface area contributed by atoms with Crippen LogP contribution in [0.1, 0.15) is 66.8 Å². The van der Waals surface area contributed by atoms with Gasteiger partial charge in [-0.3, -0.25) is 9.13 Å². The number of hydrogen-bond donors (Lipinski definition) is 5. The number of aromatic nitrogens is 4. The van der Waals surface area contributed by atoms with E-state index in [1.807, 2.05) is 0 Å². The van der Waals surface area contributed by atoms with Crippen molar-refractivity contribution < 1.29 is 49.0 Å². The van der Waals surface area contributed by atoms with Crippen LogP contribution in [0.4, 0.5) is 21.2 Å². The molecule has 2 aliphatic rings. The number of amides is 2. The molecule has 6 N–H and O–H groups in total. The zero-order valence-electron chi connectivity index (χ0n) is 26.5. The van der Waals surface area contributed by atoms with Crippen LogP contribution in [0.25, 0.3) is 0 Å². The van der Waals surface area contributed by atoms with Gasteiger partial charge in [-0.1, -0.05) is 0 Å². The summed E-state index contributed by atoms with van der Waals surface area (Å²) in [7, 11) is 0. The zero-order chi connectivity index (χ0) is 34.6. The van der Waals surface area contributed by atoms with Crippen molar-refractivity contribution in [2.45, 2.75) is 102 Å². The van der Waals surface area contributed by atoms with E-state index in [2.05, 4.69) is 9.97 Å². The molecule has 4 rings (SSSR count). The van der Waals surface area contributed by atoms with E-state index in [4.69, 9.17) is 29.8 Å². The second-order valence-electron chi connectivity index (χ2n) is 12.5. The van der Waals surface area contributed by atoms with Gasteiger partial charge in [-0.25, -0.2) is 19.2 Å². The molecule has 46 heavy (non-hydrogen) atoms. The van der Waals surface area contributed by atoms with E-state index in [0.29, 0.717) is 4.90 Å². The first kappa shape index (κ1) is 36.5. The van der Waals surface area contributed by atoms with Crippen LogP contribution in [0.2, 0.25) is 0 Å². The first-order chi connectivity index (χ1) is 21.3. The number of rotatable bonds is 5. The van der Waals surface area contributed by atoms with E-state index < -0.39 is 78.2 Å². The van der Waals surface area contributed by atoms with Crippen LogP contribution in [0.5, 0.6) is 0 Å². The Bertz CT molecular complexity index is 1450. The fourth-order valence-corrected chi connectivity index (χ4v) is 4.37. The first-order valence-electron chi connectivity index (χ1n) is 14.4. The molecule has 2 aliphatic heterocycles. The third-order valence-electron chi connectivity index (χ3n) is 6.44. The predicted molar refractivity (Wildman–Crippen MR) is 160 cm³/mol. The molecular formula is C28H42N6O12. The highest BCUT2D eigenvalue weighted by Crippen LogP contribution is 2.28. The third-order valence-corrected chi connectivity index (χ3v) is 6.44. The Hall–Kier alpha value is -3.94. The molecule has 0 bridgehead atoms. The normalized spacial score (nSPS) is 24.6. The Morgan fingerprint density at radius 3 is 1.61 bits per heavy atom. The van der Waals surface area contributed by atoms with Crippen molar-refractivity contribution in [3.05, 3.63) is 45.5 Å². The van der Waals surface area contributed by atoms with Crippen molar-refractivity contribution in [3.63, 3.8) is 0 Å². The van der Waals surface area contributed by atoms with Crippen LogP contribution in [-0.4, -0.2) is 101 Å². The van der Waals surface area contributed by atoms with Crippen LogP contribution < -0.4 is 22.0 Å². The number of nitrogen functional groups attached to an aromatic ring is 1. The lowest BCUT2D eigenvalue weighted by atomic mass is 10.2. The lowest BCUT2D eigenvalue weighted by Gasteiger charge is -2.28. The van der Waals surface area contributed by atoms with Crippen molar-refractivity contribution >= 4 is 23.8 Å². The van der Waals surface area contributed by atoms with E-state index in [-0.39, 0.29) is 31.1 Å². The molecule has 0 spiro atoms. The summed E-state index contributed by atoms with van der Waals surface area (Å²) in [5.74, 6) is -0.143. The van der Waals surface area contributed by atoms with E-state index in [0.717, 1.165) is 4.57 Å². The Morgan fingerprint density at radius 1 is 0.848 bits per heavy atom. The van der Waals surface area contributed by atoms with Crippen LogP contribution in [0.15, 0.2) is 34.1 Å². The number of ether oxygens (including phenoxy) is 4. The smallest absolute Gasteiger partial charge is 0.425 e. The number of nitrogens with zero attached hydrogens (tertiary/aromatic N) is 5. The monoisotopic (exact) mass is 654 g/mol. The summed E-state index contributed by atoms with van der Waals surface area (Å²) in [6, 6.07) is 2.74. The highest BCUT2D eigenvalue weighted by molar-refractivity contribution is 6.08. The van der Waals surface area contributed by atoms with Gasteiger partial charge in [0.1, 0.15) is 41.7 Å². The number of carbonyl (C=O) groups is 2. The molecule has 18 nitrogen and oxygen atoms in total. The Labute approximate surface area is 263 Å². The summed E-state index contributed by atoms with van der Waals surface area (Å²) in [4.78, 5) is 57.2. The van der Waals surface area contributed by atoms with Gasteiger partial charge in [0.25, 0.3) is 0 Å². The molecule has 2 amide bonds. The molecule has 2 fully saturated rings. The number of hydrogen-bond acceptors (Lipinski definition) is 15. The molecular weight excluding hydrogens is 612 g/mol. The molecule has 6 atom stereocenters. The zero-order valence-corrected chi connectivity index (χ0v) is 26.5. The molecule has 0 aliphatic carbocycles. The van der Waals surface area contributed by atoms with Gasteiger partial charge in [-0.15, -0.1) is 0 Å². The number of aliphatic hydroxyl groups is 4. The lowest BCUT2D eigenvalue weighted by Crippen LogP contribution is -2.45. The van der Waals surface area contributed by atoms with Crippen molar-refractivity contribution in [1.82, 2.24) is 19.1 Å². The average molecular weight is 655 g/mol. The third kappa shape index (κ3) is 9.54. The van der Waals surface area contributed by atoms with E-state index in [1.54, 1.807) is 41.5 Å². The van der Waals surface area contributed by atoms with Crippen LogP contribution in [0, 0.1) is 0 Å². The van der Waals surface area contributed by atoms with Gasteiger partial charge in [0.05, 0.1) is 25.4 Å². The highest BCUT2D eigenvalue weighted by Gasteiger charge is 2.37. The number of nitrogens with two attached hydrogens (primary N) is 1. The number of anilines is 2. The van der Waals surface area contributed by atoms with Gasteiger partial charge in [0.15, 0.2) is 5.82 Å². The summed E-state index contributed by atoms with van der Waals surface area (Å²) >= 11 is 0. The Balaban J connectivity index is 0.000000300. The highest BCUT2D eigenvalue weighted by atomic mass is 16.6. The minimum atomic E-state index is -1.05. The summed E-state index contributed by atoms with van der Waals surface area (Å²) in [5.41, 5.74) is 2.19. The van der Waals surface area contributed by atoms with E-state index in [9.17, 15) is 34.5 Å². The fraction of sp³-hybridized carbons (Fsp3) is 0.643. The van der Waals surface area contributed by atoms with Crippen LogP contribution >= 0.6 is 0 Å². The Morgan fingerprint density at radius 2 is 1.26 bits per heavy atom. The lowest BCUT2D eigenvalue weighted by molar-refractivity contribution is -0.0458. The summed E-state index contributed by atoms with van der Waals surface area (Å²) < 4.78 is 23.6. The molecule has 2 aromatic heterocycles. The van der Waals surface area contributed by atoms with Crippen LogP contribution in [0.3, 0.4) is 0 Å². The van der Waals surface area contributed by atoms with E-state index >= 15 is 0 Å². The largest absolute Gasteiger partial charge is 0.443 e. The minimum Gasteiger partial charge on any atom is -0.443 e. The van der Waals surface area contributed by atoms with Gasteiger partial charge in [0.2, 0.25) is 0 Å². The van der Waals surface area contributed by atoms with Gasteiger partial charge >= 0.3 is 23.6 Å². The van der Waals surface area contributed by atoms with Gasteiger partial charge in [0, 0.05) is 25.2 Å². The first-order valence-corrected chi connectivity index (χ1v) is 14.4. The predicted octanol–water partition coefficient (Wildman–Crippen LogP) is 0.0268. The standard InChI is InChI=1S/C19H29N3O8.C9H13N3O4/c1-18(2,3)29-16(26)22(17(27)30-19(4,5)6)13-7-8-21(15(25)20-13)14-9-11(24)12(10-23)28-14;10-7-1-2-12(9(15)11-7)8-3-5(14)6(4-13)16-8/h7-8,11-12,14,23-24H,9-10H2,1-6H3;1-2,5-6,8,13-14H,3-4H2,(H2,10,11,15)/t11-,12+,14+;5-,6+,8+/m00/s1. The van der Waals surface area contributed by atoms with Crippen molar-refractivity contribution in [1.29, 1.82) is 0 Å². The van der Waals surface area contributed by atoms with Crippen molar-refractivity contribution in [3.8, 4) is 0 Å². The van der Waals surface area contributed by atoms with Crippen molar-refractivity contribution in [2.75, 3.05) is 23.8 Å². The van der Waals surface area contributed by atoms with Gasteiger partial charge in [-0.05, 0) is 53.7 Å². The number of imide groups is 1. The summed E-state index contributed by atoms with van der Waals surface area (Å²) in [6.45, 7) is 9.09. The molecule has 256 valence electrons. The number of aliphatic hydroxyl groups excluding tert-OH is 4. The van der Waals surface area contributed by atoms with Gasteiger partial charge < -0.3 is 45.1 Å². The molecule has 2 saturated heterocycles. The van der Waals surface area contributed by atoms with Crippen LogP contribution in [-0.2, 0) is 18.9 Å². The van der Waals surface area contributed by atoms with Gasteiger partial charge in [-0.2, -0.15) is 14.9 Å². The topological polar surface area (TPSA) is 251 Å². The summed E-state index contributed by atoms with van der Waals surface area (Å²) in [6.07, 6.45) is -3.67. The second kappa shape index (κ2) is 14.7. The molecule has 0 unspecified atom stereocenters. The molecule has 0 aromatic carbocycles. The number of carbonyl (C=O) groups excluding carboxylic acids is 2. The maximum atomic E-state index is 12.6. The molecule has 0 radical (unpaired) electrons. The molecule has 0 saturated carbocycles. The fourth-order valence-electron chi connectivity index (χ4n) is 4.37. The maximum Gasteiger partial charge on any atom is 0.425 e. The molecule has 4 heterocycles. The Kier molecular flexibility index (Phi) is 11.6. The summed E-state index contributed by atoms with van der Waals surface area (Å²) in [5, 5.41) is 37.5. The maximum absolute atomic E-state index is 12.6. The molecule has 2 aromatic rings. The minimum absolute atomic E-state index is 0.0774. The van der Waals surface area contributed by atoms with E-state index in [1.165, 1.54) is 29.1 Å². The average Bonchev–Trinajstić information content (AvgIpc) is 3.48. The second-order valence-corrected chi connectivity index (χ2v) is 12.5. The SMILES string of the molecule is CC(C)(C)OC(=O)N(C(=O)OC(C)(C)C)c1ccn([C@H]2C[C@H](O)[C@@H](CO)O2)c(=O)n1.Nc1ccn([C@H]2C[C@H](O)[C@@H](CO)O2)c(=O)n1. The quantitative estimate of drug-likeness (QED) is 0.285.